The number of methoxy groups -OCH3 is 2. The minimum absolute atomic E-state index is 0.481. The van der Waals surface area contributed by atoms with Crippen LogP contribution in [0, 0.1) is 0 Å². The van der Waals surface area contributed by atoms with E-state index in [-0.39, 0.29) is 0 Å². The van der Waals surface area contributed by atoms with Gasteiger partial charge in [-0.2, -0.15) is 0 Å². The minimum atomic E-state index is 0.481. The van der Waals surface area contributed by atoms with E-state index in [9.17, 15) is 0 Å². The molecule has 4 heteroatoms. The Balaban J connectivity index is 3.62. The Labute approximate surface area is 134 Å². The van der Waals surface area contributed by atoms with Gasteiger partial charge in [-0.3, -0.25) is 4.90 Å². The number of halogens is 1. The summed E-state index contributed by atoms with van der Waals surface area (Å²) >= 11 is 3.48. The molecule has 3 nitrogen and oxygen atoms in total. The summed E-state index contributed by atoms with van der Waals surface area (Å²) in [5.74, 6) is 0. The molecule has 20 heavy (non-hydrogen) atoms. The van der Waals surface area contributed by atoms with Gasteiger partial charge in [0.2, 0.25) is 0 Å². The first kappa shape index (κ1) is 20.4. The lowest BCUT2D eigenvalue weighted by Gasteiger charge is -2.28. The molecule has 0 aliphatic rings. The maximum atomic E-state index is 5.26. The lowest BCUT2D eigenvalue weighted by molar-refractivity contribution is 0.0739. The van der Waals surface area contributed by atoms with E-state index in [1.807, 2.05) is 0 Å². The fourth-order valence-corrected chi connectivity index (χ4v) is 2.80. The lowest BCUT2D eigenvalue weighted by Crippen LogP contribution is -2.39. The van der Waals surface area contributed by atoms with Gasteiger partial charge in [0, 0.05) is 32.1 Å². The van der Waals surface area contributed by atoms with Crippen LogP contribution in [0.1, 0.15) is 51.9 Å². The Kier molecular flexibility index (Phi) is 16.0. The number of unbranched alkanes of at least 4 members (excludes halogenated alkanes) is 6. The number of hydrogen-bond acceptors (Lipinski definition) is 3. The van der Waals surface area contributed by atoms with Gasteiger partial charge in [-0.05, 0) is 26.3 Å². The van der Waals surface area contributed by atoms with Crippen molar-refractivity contribution in [3.05, 3.63) is 0 Å². The van der Waals surface area contributed by atoms with E-state index in [2.05, 4.69) is 27.8 Å². The zero-order valence-corrected chi connectivity index (χ0v) is 15.3. The summed E-state index contributed by atoms with van der Waals surface area (Å²) in [6.45, 7) is 6.01. The first-order valence-corrected chi connectivity index (χ1v) is 9.16. The average molecular weight is 352 g/mol. The lowest BCUT2D eigenvalue weighted by atomic mass is 10.1. The van der Waals surface area contributed by atoms with Crippen molar-refractivity contribution in [1.29, 1.82) is 0 Å². The second kappa shape index (κ2) is 15.7. The molecule has 0 aromatic carbocycles. The molecule has 0 aliphatic carbocycles. The molecule has 0 radical (unpaired) electrons. The Hall–Kier alpha value is 0.360. The van der Waals surface area contributed by atoms with Gasteiger partial charge in [0.25, 0.3) is 0 Å². The summed E-state index contributed by atoms with van der Waals surface area (Å²) < 4.78 is 10.5. The van der Waals surface area contributed by atoms with Crippen molar-refractivity contribution in [3.8, 4) is 0 Å². The number of alkyl halides is 1. The molecule has 0 rings (SSSR count). The molecule has 0 spiro atoms. The van der Waals surface area contributed by atoms with Crippen molar-refractivity contribution in [1.82, 2.24) is 4.90 Å². The van der Waals surface area contributed by atoms with Gasteiger partial charge in [0.1, 0.15) is 0 Å². The molecule has 0 bridgehead atoms. The molecule has 1 atom stereocenters. The summed E-state index contributed by atoms with van der Waals surface area (Å²) in [6, 6.07) is 0.481. The van der Waals surface area contributed by atoms with Crippen LogP contribution in [0.25, 0.3) is 0 Å². The third-order valence-electron chi connectivity index (χ3n) is 3.69. The molecular formula is C16H34BrNO2. The van der Waals surface area contributed by atoms with Crippen molar-refractivity contribution in [2.75, 3.05) is 45.9 Å². The zero-order valence-electron chi connectivity index (χ0n) is 13.7. The van der Waals surface area contributed by atoms with Crippen LogP contribution in [-0.4, -0.2) is 56.8 Å². The zero-order chi connectivity index (χ0) is 15.1. The Morgan fingerprint density at radius 3 is 2.00 bits per heavy atom. The second-order valence-electron chi connectivity index (χ2n) is 5.50. The monoisotopic (exact) mass is 351 g/mol. The van der Waals surface area contributed by atoms with E-state index < -0.39 is 0 Å². The first-order valence-electron chi connectivity index (χ1n) is 8.04. The maximum Gasteiger partial charge on any atom is 0.0615 e. The van der Waals surface area contributed by atoms with Gasteiger partial charge in [-0.15, -0.1) is 0 Å². The predicted molar refractivity (Wildman–Crippen MR) is 90.9 cm³/mol. The fraction of sp³-hybridized carbons (Fsp3) is 1.00. The molecule has 0 N–H and O–H groups in total. The summed E-state index contributed by atoms with van der Waals surface area (Å²) in [5, 5.41) is 1.15. The molecule has 0 amide bonds. The van der Waals surface area contributed by atoms with Crippen molar-refractivity contribution in [2.24, 2.45) is 0 Å². The van der Waals surface area contributed by atoms with Crippen LogP contribution in [-0.2, 0) is 9.47 Å². The minimum Gasteiger partial charge on any atom is -0.383 e. The molecular weight excluding hydrogens is 318 g/mol. The van der Waals surface area contributed by atoms with Gasteiger partial charge in [-0.25, -0.2) is 0 Å². The molecule has 0 aromatic rings. The van der Waals surface area contributed by atoms with Crippen LogP contribution in [0.4, 0.5) is 0 Å². The van der Waals surface area contributed by atoms with Gasteiger partial charge in [0.05, 0.1) is 13.2 Å². The van der Waals surface area contributed by atoms with Crippen LogP contribution in [0.5, 0.6) is 0 Å². The molecule has 0 saturated carbocycles. The Bertz CT molecular complexity index is 193. The standard InChI is InChI=1S/C16H34BrNO2/c1-16(15-20-3)18(13-14-19-2)12-10-8-6-4-5-7-9-11-17/h16H,4-15H2,1-3H3. The van der Waals surface area contributed by atoms with Crippen molar-refractivity contribution >= 4 is 15.9 Å². The highest BCUT2D eigenvalue weighted by molar-refractivity contribution is 9.09. The van der Waals surface area contributed by atoms with E-state index in [0.29, 0.717) is 6.04 Å². The number of hydrogen-bond donors (Lipinski definition) is 0. The van der Waals surface area contributed by atoms with Crippen LogP contribution in [0.2, 0.25) is 0 Å². The van der Waals surface area contributed by atoms with Gasteiger partial charge in [0.15, 0.2) is 0 Å². The van der Waals surface area contributed by atoms with Crippen molar-refractivity contribution in [2.45, 2.75) is 57.9 Å². The normalized spacial score (nSPS) is 13.1. The van der Waals surface area contributed by atoms with Crippen LogP contribution < -0.4 is 0 Å². The summed E-state index contributed by atoms with van der Waals surface area (Å²) in [6.07, 6.45) is 9.47. The molecule has 0 aliphatic heterocycles. The van der Waals surface area contributed by atoms with E-state index in [0.717, 1.165) is 31.6 Å². The molecule has 0 aromatic heterocycles. The fourth-order valence-electron chi connectivity index (χ4n) is 2.40. The average Bonchev–Trinajstić information content (AvgIpc) is 2.45. The quantitative estimate of drug-likeness (QED) is 0.327. The number of rotatable bonds is 15. The van der Waals surface area contributed by atoms with Crippen molar-refractivity contribution < 1.29 is 9.47 Å². The highest BCUT2D eigenvalue weighted by atomic mass is 79.9. The highest BCUT2D eigenvalue weighted by Crippen LogP contribution is 2.10. The van der Waals surface area contributed by atoms with E-state index in [1.54, 1.807) is 14.2 Å². The number of ether oxygens (including phenoxy) is 2. The molecule has 122 valence electrons. The third kappa shape index (κ3) is 12.1. The van der Waals surface area contributed by atoms with Crippen LogP contribution >= 0.6 is 15.9 Å². The molecule has 0 saturated heterocycles. The highest BCUT2D eigenvalue weighted by Gasteiger charge is 2.12. The summed E-state index contributed by atoms with van der Waals surface area (Å²) in [4.78, 5) is 2.48. The van der Waals surface area contributed by atoms with Crippen LogP contribution in [0.3, 0.4) is 0 Å². The Morgan fingerprint density at radius 1 is 0.850 bits per heavy atom. The smallest absolute Gasteiger partial charge is 0.0615 e. The maximum absolute atomic E-state index is 5.26. The van der Waals surface area contributed by atoms with E-state index in [1.165, 1.54) is 44.9 Å². The molecule has 0 fully saturated rings. The SMILES string of the molecule is COCCN(CCCCCCCCCBr)C(C)COC. The van der Waals surface area contributed by atoms with E-state index >= 15 is 0 Å². The molecule has 0 heterocycles. The Morgan fingerprint density at radius 2 is 1.45 bits per heavy atom. The van der Waals surface area contributed by atoms with E-state index in [4.69, 9.17) is 9.47 Å². The van der Waals surface area contributed by atoms with Gasteiger partial charge < -0.3 is 9.47 Å². The topological polar surface area (TPSA) is 21.7 Å². The predicted octanol–water partition coefficient (Wildman–Crippen LogP) is 4.10. The number of nitrogens with zero attached hydrogens (tertiary/aromatic N) is 1. The summed E-state index contributed by atoms with van der Waals surface area (Å²) in [7, 11) is 3.55. The first-order chi connectivity index (χ1) is 9.76. The van der Waals surface area contributed by atoms with Crippen LogP contribution in [0.15, 0.2) is 0 Å². The van der Waals surface area contributed by atoms with Gasteiger partial charge in [-0.1, -0.05) is 48.0 Å². The molecule has 1 unspecified atom stereocenters. The van der Waals surface area contributed by atoms with Gasteiger partial charge >= 0.3 is 0 Å². The summed E-state index contributed by atoms with van der Waals surface area (Å²) in [5.41, 5.74) is 0. The third-order valence-corrected chi connectivity index (χ3v) is 4.25. The van der Waals surface area contributed by atoms with Crippen molar-refractivity contribution in [3.63, 3.8) is 0 Å². The second-order valence-corrected chi connectivity index (χ2v) is 6.29. The largest absolute Gasteiger partial charge is 0.383 e.